The molecule has 1 amide bonds. The Balaban J connectivity index is 1.50. The summed E-state index contributed by atoms with van der Waals surface area (Å²) in [5.41, 5.74) is 0.841. The normalized spacial score (nSPS) is 19.1. The molecule has 0 N–H and O–H groups in total. The van der Waals surface area contributed by atoms with Crippen molar-refractivity contribution in [3.8, 4) is 11.8 Å². The van der Waals surface area contributed by atoms with Gasteiger partial charge in [-0.2, -0.15) is 0 Å². The van der Waals surface area contributed by atoms with Crippen LogP contribution in [-0.2, 0) is 4.74 Å². The van der Waals surface area contributed by atoms with E-state index in [1.807, 2.05) is 20.8 Å². The summed E-state index contributed by atoms with van der Waals surface area (Å²) in [7, 11) is 0. The van der Waals surface area contributed by atoms with E-state index >= 15 is 0 Å². The second-order valence-corrected chi connectivity index (χ2v) is 9.36. The van der Waals surface area contributed by atoms with Gasteiger partial charge in [-0.3, -0.25) is 0 Å². The minimum absolute atomic E-state index is 0.0174. The van der Waals surface area contributed by atoms with Gasteiger partial charge in [0.25, 0.3) is 0 Å². The second-order valence-electron chi connectivity index (χ2n) is 9.36. The zero-order valence-electron chi connectivity index (χ0n) is 19.7. The van der Waals surface area contributed by atoms with E-state index in [1.54, 1.807) is 4.90 Å². The average Bonchev–Trinajstić information content (AvgIpc) is 2.72. The van der Waals surface area contributed by atoms with Crippen molar-refractivity contribution in [2.75, 3.05) is 32.7 Å². The van der Waals surface area contributed by atoms with Crippen LogP contribution in [0.1, 0.15) is 58.9 Å². The smallest absolute Gasteiger partial charge is 0.410 e. The maximum atomic E-state index is 12.1. The Morgan fingerprint density at radius 1 is 0.968 bits per heavy atom. The Hall–Kier alpha value is -2.09. The van der Waals surface area contributed by atoms with Crippen molar-refractivity contribution in [2.45, 2.75) is 78.6 Å². The summed E-state index contributed by atoms with van der Waals surface area (Å²) in [6, 6.07) is 0. The molecule has 8 heteroatoms. The monoisotopic (exact) mass is 434 g/mol. The molecule has 1 aromatic heterocycles. The van der Waals surface area contributed by atoms with Crippen LogP contribution in [0.2, 0.25) is 0 Å². The van der Waals surface area contributed by atoms with Crippen LogP contribution in [0.25, 0.3) is 0 Å². The molecule has 174 valence electrons. The number of piperidine rings is 2. The third-order valence-corrected chi connectivity index (χ3v) is 5.74. The third kappa shape index (κ3) is 6.95. The lowest BCUT2D eigenvalue weighted by Gasteiger charge is -2.33. The van der Waals surface area contributed by atoms with Crippen LogP contribution in [0, 0.1) is 12.8 Å². The van der Waals surface area contributed by atoms with E-state index < -0.39 is 0 Å². The number of rotatable bonds is 7. The van der Waals surface area contributed by atoms with Crippen LogP contribution in [0.5, 0.6) is 11.8 Å². The molecule has 0 aromatic carbocycles. The lowest BCUT2D eigenvalue weighted by atomic mass is 10.1. The molecule has 0 unspecified atom stereocenters. The van der Waals surface area contributed by atoms with Gasteiger partial charge in [-0.25, -0.2) is 14.8 Å². The van der Waals surface area contributed by atoms with E-state index in [0.717, 1.165) is 50.9 Å². The Kier molecular flexibility index (Phi) is 8.35. The Labute approximate surface area is 186 Å². The van der Waals surface area contributed by atoms with E-state index in [9.17, 15) is 4.79 Å². The maximum Gasteiger partial charge on any atom is 0.410 e. The van der Waals surface area contributed by atoms with Gasteiger partial charge in [0.05, 0.1) is 11.7 Å². The fourth-order valence-corrected chi connectivity index (χ4v) is 4.13. The largest absolute Gasteiger partial charge is 0.474 e. The number of hydrogen-bond acceptors (Lipinski definition) is 7. The predicted molar refractivity (Wildman–Crippen MR) is 119 cm³/mol. The van der Waals surface area contributed by atoms with Crippen LogP contribution in [-0.4, -0.2) is 76.9 Å². The SMILES string of the molecule is Cc1c(OC2CCN(CC(C)C)CC2)ncnc1OC1CCN(C(=O)OC(C)C)CC1. The molecule has 0 bridgehead atoms. The highest BCUT2D eigenvalue weighted by molar-refractivity contribution is 5.67. The van der Waals surface area contributed by atoms with Crippen molar-refractivity contribution < 1.29 is 19.0 Å². The molecule has 0 spiro atoms. The molecule has 2 aliphatic rings. The number of carbonyl (C=O) groups is 1. The molecule has 3 rings (SSSR count). The van der Waals surface area contributed by atoms with Gasteiger partial charge >= 0.3 is 6.09 Å². The molecular weight excluding hydrogens is 396 g/mol. The average molecular weight is 435 g/mol. The lowest BCUT2D eigenvalue weighted by Crippen LogP contribution is -2.42. The highest BCUT2D eigenvalue weighted by Gasteiger charge is 2.27. The first-order valence-corrected chi connectivity index (χ1v) is 11.6. The molecule has 3 heterocycles. The van der Waals surface area contributed by atoms with Crippen molar-refractivity contribution in [1.29, 1.82) is 0 Å². The number of carbonyl (C=O) groups excluding carboxylic acids is 1. The van der Waals surface area contributed by atoms with Crippen LogP contribution < -0.4 is 9.47 Å². The van der Waals surface area contributed by atoms with E-state index in [-0.39, 0.29) is 24.4 Å². The first kappa shape index (κ1) is 23.6. The molecule has 2 fully saturated rings. The summed E-state index contributed by atoms with van der Waals surface area (Å²) < 4.78 is 17.7. The molecule has 0 atom stereocenters. The molecule has 2 saturated heterocycles. The van der Waals surface area contributed by atoms with Crippen LogP contribution in [0.15, 0.2) is 6.33 Å². The number of ether oxygens (including phenoxy) is 3. The Morgan fingerprint density at radius 3 is 1.97 bits per heavy atom. The van der Waals surface area contributed by atoms with E-state index in [0.29, 0.717) is 30.8 Å². The number of likely N-dealkylation sites (tertiary alicyclic amines) is 2. The fourth-order valence-electron chi connectivity index (χ4n) is 4.13. The highest BCUT2D eigenvalue weighted by atomic mass is 16.6. The summed E-state index contributed by atoms with van der Waals surface area (Å²) >= 11 is 0. The van der Waals surface area contributed by atoms with Gasteiger partial charge in [0.2, 0.25) is 11.8 Å². The molecule has 2 aliphatic heterocycles. The maximum absolute atomic E-state index is 12.1. The molecule has 31 heavy (non-hydrogen) atoms. The summed E-state index contributed by atoms with van der Waals surface area (Å²) in [6.07, 6.45) is 4.88. The highest BCUT2D eigenvalue weighted by Crippen LogP contribution is 2.28. The third-order valence-electron chi connectivity index (χ3n) is 5.74. The van der Waals surface area contributed by atoms with E-state index in [1.165, 1.54) is 6.33 Å². The Morgan fingerprint density at radius 2 is 1.48 bits per heavy atom. The summed E-state index contributed by atoms with van der Waals surface area (Å²) in [6.45, 7) is 14.7. The number of hydrogen-bond donors (Lipinski definition) is 0. The minimum atomic E-state index is -0.248. The molecular formula is C23H38N4O4. The zero-order chi connectivity index (χ0) is 22.4. The second kappa shape index (κ2) is 11.0. The van der Waals surface area contributed by atoms with Gasteiger partial charge in [-0.1, -0.05) is 13.8 Å². The summed E-state index contributed by atoms with van der Waals surface area (Å²) in [5.74, 6) is 1.88. The van der Waals surface area contributed by atoms with Crippen molar-refractivity contribution >= 4 is 6.09 Å². The number of nitrogens with zero attached hydrogens (tertiary/aromatic N) is 4. The zero-order valence-corrected chi connectivity index (χ0v) is 19.7. The minimum Gasteiger partial charge on any atom is -0.474 e. The van der Waals surface area contributed by atoms with E-state index in [2.05, 4.69) is 28.7 Å². The van der Waals surface area contributed by atoms with Gasteiger partial charge in [0.1, 0.15) is 18.5 Å². The van der Waals surface area contributed by atoms with Crippen molar-refractivity contribution in [3.63, 3.8) is 0 Å². The molecule has 0 saturated carbocycles. The number of amides is 1. The lowest BCUT2D eigenvalue weighted by molar-refractivity contribution is 0.0502. The molecule has 0 aliphatic carbocycles. The van der Waals surface area contributed by atoms with Crippen molar-refractivity contribution in [3.05, 3.63) is 11.9 Å². The van der Waals surface area contributed by atoms with Gasteiger partial charge in [-0.05, 0) is 39.5 Å². The van der Waals surface area contributed by atoms with Gasteiger partial charge < -0.3 is 24.0 Å². The molecule has 0 radical (unpaired) electrons. The van der Waals surface area contributed by atoms with Crippen molar-refractivity contribution in [2.24, 2.45) is 5.92 Å². The fraction of sp³-hybridized carbons (Fsp3) is 0.783. The van der Waals surface area contributed by atoms with Gasteiger partial charge in [-0.15, -0.1) is 0 Å². The summed E-state index contributed by atoms with van der Waals surface area (Å²) in [4.78, 5) is 25.0. The summed E-state index contributed by atoms with van der Waals surface area (Å²) in [5, 5.41) is 0. The standard InChI is InChI=1S/C23H38N4O4/c1-16(2)14-26-10-6-19(7-11-26)30-21-18(5)22(25-15-24-21)31-20-8-12-27(13-9-20)23(28)29-17(3)4/h15-17,19-20H,6-14H2,1-5H3. The first-order chi connectivity index (χ1) is 14.8. The van der Waals surface area contributed by atoms with E-state index in [4.69, 9.17) is 14.2 Å². The van der Waals surface area contributed by atoms with Crippen LogP contribution >= 0.6 is 0 Å². The quantitative estimate of drug-likeness (QED) is 0.648. The van der Waals surface area contributed by atoms with Crippen LogP contribution in [0.4, 0.5) is 4.79 Å². The topological polar surface area (TPSA) is 77.0 Å². The van der Waals surface area contributed by atoms with Crippen LogP contribution in [0.3, 0.4) is 0 Å². The molecule has 1 aromatic rings. The van der Waals surface area contributed by atoms with Crippen molar-refractivity contribution in [1.82, 2.24) is 19.8 Å². The predicted octanol–water partition coefficient (Wildman–Crippen LogP) is 3.67. The number of aromatic nitrogens is 2. The van der Waals surface area contributed by atoms with Gasteiger partial charge in [0.15, 0.2) is 0 Å². The Bertz CT molecular complexity index is 712. The van der Waals surface area contributed by atoms with Gasteiger partial charge in [0, 0.05) is 45.6 Å². The molecule has 8 nitrogen and oxygen atoms in total. The first-order valence-electron chi connectivity index (χ1n) is 11.6.